The first-order valence-corrected chi connectivity index (χ1v) is 7.04. The Labute approximate surface area is 117 Å². The van der Waals surface area contributed by atoms with Crippen molar-refractivity contribution in [2.24, 2.45) is 0 Å². The average Bonchev–Trinajstić information content (AvgIpc) is 2.46. The Kier molecular flexibility index (Phi) is 3.38. The summed E-state index contributed by atoms with van der Waals surface area (Å²) in [4.78, 5) is 34.2. The Morgan fingerprint density at radius 2 is 2.10 bits per heavy atom. The second-order valence-corrected chi connectivity index (χ2v) is 5.50. The number of fused-ring (bicyclic) bond motifs is 1. The van der Waals surface area contributed by atoms with Gasteiger partial charge in [0.25, 0.3) is 5.91 Å². The molecular weight excluding hydrogens is 256 g/mol. The smallest absolute Gasteiger partial charge is 0.274 e. The Hall–Kier alpha value is -1.98. The number of hydrogen-bond acceptors (Lipinski definition) is 4. The number of piperazine rings is 1. The summed E-state index contributed by atoms with van der Waals surface area (Å²) in [7, 11) is 0. The molecule has 0 aromatic carbocycles. The summed E-state index contributed by atoms with van der Waals surface area (Å²) < 4.78 is 0. The predicted octanol–water partition coefficient (Wildman–Crippen LogP) is 0.668. The highest BCUT2D eigenvalue weighted by Gasteiger charge is 2.39. The quantitative estimate of drug-likeness (QED) is 0.816. The third-order valence-corrected chi connectivity index (χ3v) is 4.05. The van der Waals surface area contributed by atoms with Crippen molar-refractivity contribution in [2.75, 3.05) is 6.54 Å². The molecule has 0 radical (unpaired) electrons. The van der Waals surface area contributed by atoms with Gasteiger partial charge in [-0.05, 0) is 19.8 Å². The number of aromatic nitrogens is 2. The maximum atomic E-state index is 12.6. The van der Waals surface area contributed by atoms with Gasteiger partial charge in [0.2, 0.25) is 5.91 Å². The lowest BCUT2D eigenvalue weighted by Crippen LogP contribution is -2.63. The van der Waals surface area contributed by atoms with E-state index in [0.717, 1.165) is 31.4 Å². The molecule has 1 aromatic rings. The van der Waals surface area contributed by atoms with Crippen molar-refractivity contribution in [3.63, 3.8) is 0 Å². The van der Waals surface area contributed by atoms with E-state index in [2.05, 4.69) is 15.3 Å². The molecule has 6 heteroatoms. The molecule has 1 saturated carbocycles. The standard InChI is InChI=1S/C14H18N4O2/c1-9-6-16-11(7-15-9)14(20)18-8-13(19)17-10-4-2-3-5-12(10)18/h6-7,10,12H,2-5,8H2,1H3,(H,17,19)/t10-,12-/m0/s1. The molecule has 106 valence electrons. The molecule has 2 amide bonds. The number of rotatable bonds is 1. The third-order valence-electron chi connectivity index (χ3n) is 4.05. The van der Waals surface area contributed by atoms with E-state index in [1.807, 2.05) is 6.92 Å². The average molecular weight is 274 g/mol. The van der Waals surface area contributed by atoms with Gasteiger partial charge in [-0.3, -0.25) is 14.6 Å². The largest absolute Gasteiger partial charge is 0.350 e. The lowest BCUT2D eigenvalue weighted by atomic mass is 9.87. The number of nitrogens with one attached hydrogen (secondary N) is 1. The van der Waals surface area contributed by atoms with Gasteiger partial charge < -0.3 is 10.2 Å². The summed E-state index contributed by atoms with van der Waals surface area (Å²) in [5.74, 6) is -0.272. The number of aryl methyl sites for hydroxylation is 1. The molecule has 0 bridgehead atoms. The summed E-state index contributed by atoms with van der Waals surface area (Å²) in [5.41, 5.74) is 1.09. The van der Waals surface area contributed by atoms with Crippen LogP contribution < -0.4 is 5.32 Å². The zero-order valence-corrected chi connectivity index (χ0v) is 11.5. The molecule has 0 spiro atoms. The normalized spacial score (nSPS) is 25.9. The number of amides is 2. The zero-order chi connectivity index (χ0) is 14.1. The van der Waals surface area contributed by atoms with Crippen LogP contribution in [0.15, 0.2) is 12.4 Å². The Morgan fingerprint density at radius 3 is 2.85 bits per heavy atom. The van der Waals surface area contributed by atoms with Gasteiger partial charge in [0.1, 0.15) is 12.2 Å². The molecular formula is C14H18N4O2. The molecule has 1 aliphatic carbocycles. The molecule has 2 atom stereocenters. The van der Waals surface area contributed by atoms with Crippen LogP contribution in [0, 0.1) is 6.92 Å². The highest BCUT2D eigenvalue weighted by atomic mass is 16.2. The minimum absolute atomic E-state index is 0.0819. The highest BCUT2D eigenvalue weighted by Crippen LogP contribution is 2.26. The number of carbonyl (C=O) groups excluding carboxylic acids is 2. The lowest BCUT2D eigenvalue weighted by Gasteiger charge is -2.43. The molecule has 6 nitrogen and oxygen atoms in total. The van der Waals surface area contributed by atoms with Crippen LogP contribution >= 0.6 is 0 Å². The van der Waals surface area contributed by atoms with E-state index in [1.165, 1.54) is 6.20 Å². The van der Waals surface area contributed by atoms with Crippen LogP contribution in [0.4, 0.5) is 0 Å². The van der Waals surface area contributed by atoms with Gasteiger partial charge in [-0.15, -0.1) is 0 Å². The topological polar surface area (TPSA) is 75.2 Å². The minimum Gasteiger partial charge on any atom is -0.350 e. The van der Waals surface area contributed by atoms with Gasteiger partial charge in [-0.25, -0.2) is 4.98 Å². The second kappa shape index (κ2) is 5.19. The van der Waals surface area contributed by atoms with Crippen molar-refractivity contribution < 1.29 is 9.59 Å². The highest BCUT2D eigenvalue weighted by molar-refractivity contribution is 5.95. The van der Waals surface area contributed by atoms with Crippen molar-refractivity contribution in [3.8, 4) is 0 Å². The van der Waals surface area contributed by atoms with Gasteiger partial charge in [-0.2, -0.15) is 0 Å². The Morgan fingerprint density at radius 1 is 1.30 bits per heavy atom. The van der Waals surface area contributed by atoms with E-state index in [4.69, 9.17) is 0 Å². The SMILES string of the molecule is Cc1cnc(C(=O)N2CC(=O)N[C@H]3CCCC[C@@H]32)cn1. The fourth-order valence-electron chi connectivity index (χ4n) is 3.05. The molecule has 3 rings (SSSR count). The first kappa shape index (κ1) is 13.0. The van der Waals surface area contributed by atoms with E-state index in [-0.39, 0.29) is 30.4 Å². The van der Waals surface area contributed by atoms with E-state index in [0.29, 0.717) is 5.69 Å². The molecule has 1 N–H and O–H groups in total. The van der Waals surface area contributed by atoms with Crippen LogP contribution in [0.25, 0.3) is 0 Å². The van der Waals surface area contributed by atoms with Crippen molar-refractivity contribution >= 4 is 11.8 Å². The van der Waals surface area contributed by atoms with Crippen molar-refractivity contribution in [3.05, 3.63) is 23.8 Å². The molecule has 0 unspecified atom stereocenters. The van der Waals surface area contributed by atoms with Crippen LogP contribution in [0.3, 0.4) is 0 Å². The van der Waals surface area contributed by atoms with E-state index in [1.54, 1.807) is 11.1 Å². The monoisotopic (exact) mass is 274 g/mol. The van der Waals surface area contributed by atoms with E-state index >= 15 is 0 Å². The molecule has 1 saturated heterocycles. The second-order valence-electron chi connectivity index (χ2n) is 5.50. The van der Waals surface area contributed by atoms with Crippen molar-refractivity contribution in [1.82, 2.24) is 20.2 Å². The molecule has 1 aromatic heterocycles. The zero-order valence-electron chi connectivity index (χ0n) is 11.5. The van der Waals surface area contributed by atoms with Crippen molar-refractivity contribution in [2.45, 2.75) is 44.7 Å². The van der Waals surface area contributed by atoms with Crippen LogP contribution in [0.2, 0.25) is 0 Å². The summed E-state index contributed by atoms with van der Waals surface area (Å²) in [6.07, 6.45) is 7.15. The maximum Gasteiger partial charge on any atom is 0.274 e. The molecule has 1 aliphatic heterocycles. The van der Waals surface area contributed by atoms with Crippen LogP contribution in [-0.4, -0.2) is 45.3 Å². The van der Waals surface area contributed by atoms with Crippen LogP contribution in [0.5, 0.6) is 0 Å². The molecule has 20 heavy (non-hydrogen) atoms. The van der Waals surface area contributed by atoms with Gasteiger partial charge in [0, 0.05) is 12.2 Å². The number of nitrogens with zero attached hydrogens (tertiary/aromatic N) is 3. The fraction of sp³-hybridized carbons (Fsp3) is 0.571. The maximum absolute atomic E-state index is 12.6. The van der Waals surface area contributed by atoms with Gasteiger partial charge in [0.15, 0.2) is 0 Å². The third kappa shape index (κ3) is 2.37. The van der Waals surface area contributed by atoms with Gasteiger partial charge in [-0.1, -0.05) is 12.8 Å². The first-order chi connectivity index (χ1) is 9.65. The molecule has 2 fully saturated rings. The fourth-order valence-corrected chi connectivity index (χ4v) is 3.05. The van der Waals surface area contributed by atoms with Crippen LogP contribution in [-0.2, 0) is 4.79 Å². The van der Waals surface area contributed by atoms with Crippen molar-refractivity contribution in [1.29, 1.82) is 0 Å². The number of carbonyl (C=O) groups is 2. The van der Waals surface area contributed by atoms with Gasteiger partial charge in [0.05, 0.1) is 17.9 Å². The van der Waals surface area contributed by atoms with Gasteiger partial charge >= 0.3 is 0 Å². The Balaban J connectivity index is 1.84. The van der Waals surface area contributed by atoms with E-state index in [9.17, 15) is 9.59 Å². The summed E-state index contributed by atoms with van der Waals surface area (Å²) >= 11 is 0. The predicted molar refractivity (Wildman–Crippen MR) is 72.0 cm³/mol. The minimum atomic E-state index is -0.191. The van der Waals surface area contributed by atoms with Crippen LogP contribution in [0.1, 0.15) is 41.9 Å². The molecule has 2 heterocycles. The number of hydrogen-bond donors (Lipinski definition) is 1. The first-order valence-electron chi connectivity index (χ1n) is 7.04. The van der Waals surface area contributed by atoms with E-state index < -0.39 is 0 Å². The summed E-state index contributed by atoms with van der Waals surface area (Å²) in [6.45, 7) is 1.95. The Bertz CT molecular complexity index is 528. The molecule has 2 aliphatic rings. The summed E-state index contributed by atoms with van der Waals surface area (Å²) in [5, 5.41) is 2.99. The lowest BCUT2D eigenvalue weighted by molar-refractivity contribution is -0.127. The summed E-state index contributed by atoms with van der Waals surface area (Å²) in [6, 6.07) is 0.185.